The lowest BCUT2D eigenvalue weighted by Gasteiger charge is -2.43. The van der Waals surface area contributed by atoms with Crippen LogP contribution in [0.4, 0.5) is 5.95 Å². The molecule has 7 rings (SSSR count). The average Bonchev–Trinajstić information content (AvgIpc) is 3.86. The lowest BCUT2D eigenvalue weighted by Crippen LogP contribution is -2.67. The van der Waals surface area contributed by atoms with Crippen LogP contribution in [0, 0.1) is 5.92 Å². The Kier molecular flexibility index (Phi) is 10.8. The lowest BCUT2D eigenvalue weighted by atomic mass is 10.1. The molecule has 14 heteroatoms. The second kappa shape index (κ2) is 15.3. The average molecular weight is 755 g/mol. The van der Waals surface area contributed by atoms with Crippen LogP contribution in [-0.2, 0) is 23.0 Å². The molecule has 0 saturated carbocycles. The molecule has 2 aliphatic rings. The molecular weight excluding hydrogens is 708 g/mol. The Balaban J connectivity index is 1.23. The number of likely N-dealkylation sites (N-methyl/N-ethyl adjacent to an activating group) is 1. The fourth-order valence-electron chi connectivity index (χ4n) is 7.14. The topological polar surface area (TPSA) is 133 Å². The zero-order chi connectivity index (χ0) is 37.3. The van der Waals surface area contributed by atoms with Crippen LogP contribution in [0.5, 0.6) is 0 Å². The van der Waals surface area contributed by atoms with Gasteiger partial charge in [-0.25, -0.2) is 9.65 Å². The predicted molar refractivity (Wildman–Crippen MR) is 208 cm³/mol. The lowest BCUT2D eigenvalue weighted by molar-refractivity contribution is -0.118. The van der Waals surface area contributed by atoms with E-state index in [-0.39, 0.29) is 41.0 Å². The van der Waals surface area contributed by atoms with Gasteiger partial charge in [0, 0.05) is 18.9 Å². The van der Waals surface area contributed by atoms with Crippen LogP contribution in [0.15, 0.2) is 102 Å². The standard InChI is InChI=1S/C39H47N6O6PSi/c1-26(2)36(46)42-38-41-35-34(37(47)43-38)40-25-45(35)33-22-30(50-52-44(6)23-31(51-52)27-16-10-7-11-17-27)32(49-33)24-48-53(39(3,4)5,28-18-12-8-13-19-28)29-20-14-9-15-21-29/h7-21,25-26,30-33H,22-24H2,1-6H3,(H2,41,42,43,46,47)/t30-,31-,32+,33+,52+/m0/s1. The van der Waals surface area contributed by atoms with Crippen molar-refractivity contribution < 1.29 is 23.0 Å². The number of amides is 1. The van der Waals surface area contributed by atoms with Crippen molar-refractivity contribution in [3.63, 3.8) is 0 Å². The third kappa shape index (κ3) is 7.52. The van der Waals surface area contributed by atoms with Gasteiger partial charge in [0.2, 0.25) is 11.9 Å². The SMILES string of the molecule is CC(C)C(=O)Nc1nc2c(ncn2[C@H]2C[C@H](O[P@]3O[C@H](c4ccccc4)CN3C)[C@@H](CO[Si](c3ccccc3)(c3ccccc3)C(C)(C)C)O2)c(=O)[nH]1. The molecule has 5 aromatic rings. The minimum Gasteiger partial charge on any atom is -0.405 e. The first kappa shape index (κ1) is 37.3. The van der Waals surface area contributed by atoms with Crippen molar-refractivity contribution in [2.75, 3.05) is 25.5 Å². The van der Waals surface area contributed by atoms with Crippen LogP contribution in [0.25, 0.3) is 11.2 Å². The summed E-state index contributed by atoms with van der Waals surface area (Å²) in [6.45, 7) is 11.2. The molecule has 5 atom stereocenters. The second-order valence-corrected chi connectivity index (χ2v) is 20.8. The Labute approximate surface area is 312 Å². The number of carbonyl (C=O) groups is 1. The number of fused-ring (bicyclic) bond motifs is 1. The van der Waals surface area contributed by atoms with Gasteiger partial charge in [-0.05, 0) is 28.0 Å². The maximum atomic E-state index is 13.1. The first-order valence-electron chi connectivity index (χ1n) is 18.0. The number of anilines is 1. The van der Waals surface area contributed by atoms with Crippen LogP contribution >= 0.6 is 8.53 Å². The molecule has 2 aliphatic heterocycles. The maximum absolute atomic E-state index is 13.1. The summed E-state index contributed by atoms with van der Waals surface area (Å²) in [5, 5.41) is 4.80. The van der Waals surface area contributed by atoms with Crippen LogP contribution in [-0.4, -0.2) is 70.8 Å². The molecule has 1 amide bonds. The van der Waals surface area contributed by atoms with Crippen molar-refractivity contribution in [1.29, 1.82) is 0 Å². The Morgan fingerprint density at radius 2 is 1.64 bits per heavy atom. The maximum Gasteiger partial charge on any atom is 0.280 e. The fourth-order valence-corrected chi connectivity index (χ4v) is 13.2. The van der Waals surface area contributed by atoms with E-state index in [1.165, 1.54) is 10.4 Å². The number of rotatable bonds is 11. The molecule has 3 aromatic carbocycles. The van der Waals surface area contributed by atoms with Gasteiger partial charge in [-0.15, -0.1) is 0 Å². The highest BCUT2D eigenvalue weighted by atomic mass is 31.2. The van der Waals surface area contributed by atoms with Crippen molar-refractivity contribution in [3.8, 4) is 0 Å². The van der Waals surface area contributed by atoms with Crippen molar-refractivity contribution in [2.24, 2.45) is 5.92 Å². The van der Waals surface area contributed by atoms with Gasteiger partial charge in [-0.1, -0.05) is 126 Å². The van der Waals surface area contributed by atoms with Gasteiger partial charge in [-0.3, -0.25) is 24.5 Å². The van der Waals surface area contributed by atoms with Crippen LogP contribution in [0.2, 0.25) is 5.04 Å². The minimum atomic E-state index is -2.92. The smallest absolute Gasteiger partial charge is 0.280 e. The number of H-pyrrole nitrogens is 1. The molecule has 0 aliphatic carbocycles. The third-order valence-electron chi connectivity index (χ3n) is 9.89. The highest BCUT2D eigenvalue weighted by Gasteiger charge is 2.52. The summed E-state index contributed by atoms with van der Waals surface area (Å²) in [6, 6.07) is 31.2. The van der Waals surface area contributed by atoms with Crippen LogP contribution < -0.4 is 21.2 Å². The number of nitrogens with one attached hydrogen (secondary N) is 2. The number of carbonyl (C=O) groups excluding carboxylic acids is 1. The van der Waals surface area contributed by atoms with E-state index in [1.54, 1.807) is 24.7 Å². The highest BCUT2D eigenvalue weighted by molar-refractivity contribution is 7.44. The van der Waals surface area contributed by atoms with E-state index in [1.807, 2.05) is 37.4 Å². The number of ether oxygens (including phenoxy) is 1. The number of hydrogen-bond acceptors (Lipinski definition) is 9. The Bertz CT molecular complexity index is 2040. The fraction of sp³-hybridized carbons (Fsp3) is 0.385. The van der Waals surface area contributed by atoms with E-state index in [0.717, 1.165) is 5.56 Å². The zero-order valence-electron chi connectivity index (χ0n) is 30.9. The summed E-state index contributed by atoms with van der Waals surface area (Å²) >= 11 is 0. The van der Waals surface area contributed by atoms with Gasteiger partial charge in [0.25, 0.3) is 22.4 Å². The Hall–Kier alpha value is -4.07. The Morgan fingerprint density at radius 3 is 2.25 bits per heavy atom. The molecule has 0 unspecified atom stereocenters. The number of nitrogens with zero attached hydrogens (tertiary/aromatic N) is 4. The van der Waals surface area contributed by atoms with E-state index in [2.05, 4.69) is 106 Å². The summed E-state index contributed by atoms with van der Waals surface area (Å²) in [6.07, 6.45) is 0.341. The summed E-state index contributed by atoms with van der Waals surface area (Å²) in [5.41, 5.74) is 1.09. The van der Waals surface area contributed by atoms with E-state index in [9.17, 15) is 9.59 Å². The predicted octanol–water partition coefficient (Wildman–Crippen LogP) is 5.89. The molecule has 0 radical (unpaired) electrons. The molecule has 2 aromatic heterocycles. The molecular formula is C39H47N6O6PSi. The van der Waals surface area contributed by atoms with Gasteiger partial charge in [-0.2, -0.15) is 4.98 Å². The molecule has 53 heavy (non-hydrogen) atoms. The van der Waals surface area contributed by atoms with Crippen LogP contribution in [0.3, 0.4) is 0 Å². The zero-order valence-corrected chi connectivity index (χ0v) is 32.8. The first-order chi connectivity index (χ1) is 25.4. The van der Waals surface area contributed by atoms with Gasteiger partial charge in [0.1, 0.15) is 18.4 Å². The largest absolute Gasteiger partial charge is 0.405 e. The van der Waals surface area contributed by atoms with E-state index >= 15 is 0 Å². The summed E-state index contributed by atoms with van der Waals surface area (Å²) < 4.78 is 31.5. The Morgan fingerprint density at radius 1 is 1.02 bits per heavy atom. The number of hydrogen-bond donors (Lipinski definition) is 2. The number of imidazole rings is 1. The molecule has 2 fully saturated rings. The van der Waals surface area contributed by atoms with E-state index < -0.39 is 40.8 Å². The first-order valence-corrected chi connectivity index (χ1v) is 21.1. The van der Waals surface area contributed by atoms with Crippen LogP contribution in [0.1, 0.15) is 58.9 Å². The molecule has 4 heterocycles. The summed E-state index contributed by atoms with van der Waals surface area (Å²) in [5.74, 6) is -0.508. The van der Waals surface area contributed by atoms with E-state index in [4.69, 9.17) is 18.2 Å². The van der Waals surface area contributed by atoms with Crippen molar-refractivity contribution in [1.82, 2.24) is 24.2 Å². The molecule has 278 valence electrons. The normalized spacial score (nSPS) is 22.5. The quantitative estimate of drug-likeness (QED) is 0.125. The molecule has 2 saturated heterocycles. The summed E-state index contributed by atoms with van der Waals surface area (Å²) in [7, 11) is -2.33. The molecule has 2 N–H and O–H groups in total. The minimum absolute atomic E-state index is 0.0525. The number of aromatic nitrogens is 4. The van der Waals surface area contributed by atoms with E-state index in [0.29, 0.717) is 18.6 Å². The van der Waals surface area contributed by atoms with Gasteiger partial charge < -0.3 is 18.2 Å². The number of benzene rings is 3. The molecule has 0 bridgehead atoms. The molecule has 0 spiro atoms. The van der Waals surface area contributed by atoms with Gasteiger partial charge in [0.15, 0.2) is 11.2 Å². The molecule has 12 nitrogen and oxygen atoms in total. The highest BCUT2D eigenvalue weighted by Crippen LogP contribution is 2.55. The van der Waals surface area contributed by atoms with Crippen molar-refractivity contribution >= 4 is 50.2 Å². The van der Waals surface area contributed by atoms with Crippen molar-refractivity contribution in [3.05, 3.63) is 113 Å². The monoisotopic (exact) mass is 754 g/mol. The van der Waals surface area contributed by atoms with Gasteiger partial charge in [0.05, 0.1) is 19.0 Å². The third-order valence-corrected chi connectivity index (χ3v) is 16.5. The second-order valence-electron chi connectivity index (χ2n) is 14.9. The number of aromatic amines is 1. The summed E-state index contributed by atoms with van der Waals surface area (Å²) in [4.78, 5) is 37.2. The van der Waals surface area contributed by atoms with Crippen molar-refractivity contribution in [2.45, 2.75) is 70.6 Å². The van der Waals surface area contributed by atoms with Gasteiger partial charge >= 0.3 is 0 Å².